The van der Waals surface area contributed by atoms with Crippen LogP contribution in [0.2, 0.25) is 0 Å². The number of carbonyl (C=O) groups is 1. The summed E-state index contributed by atoms with van der Waals surface area (Å²) in [5.74, 6) is 0.879. The maximum Gasteiger partial charge on any atom is 0.324 e. The van der Waals surface area contributed by atoms with Crippen molar-refractivity contribution in [1.82, 2.24) is 5.32 Å². The third-order valence-electron chi connectivity index (χ3n) is 2.28. The van der Waals surface area contributed by atoms with Crippen LogP contribution < -0.4 is 11.1 Å². The first-order valence-corrected chi connectivity index (χ1v) is 5.63. The standard InChI is InChI=1S/C8H16N2O2S/c9-3-1-4-10-8(7(11)12)2-5-13-6-8/h10H,1-6,9H2,(H,11,12). The molecular formula is C8H16N2O2S. The summed E-state index contributed by atoms with van der Waals surface area (Å²) in [5.41, 5.74) is 4.66. The Hall–Kier alpha value is -0.260. The van der Waals surface area contributed by atoms with Gasteiger partial charge in [-0.25, -0.2) is 0 Å². The molecule has 0 amide bonds. The van der Waals surface area contributed by atoms with Crippen molar-refractivity contribution >= 4 is 17.7 Å². The molecule has 5 heteroatoms. The van der Waals surface area contributed by atoms with Gasteiger partial charge in [0.1, 0.15) is 5.54 Å². The summed E-state index contributed by atoms with van der Waals surface area (Å²) in [6.07, 6.45) is 1.55. The van der Waals surface area contributed by atoms with Crippen LogP contribution in [-0.4, -0.2) is 41.2 Å². The summed E-state index contributed by atoms with van der Waals surface area (Å²) < 4.78 is 0. The lowest BCUT2D eigenvalue weighted by Crippen LogP contribution is -2.52. The van der Waals surface area contributed by atoms with Crippen molar-refractivity contribution in [2.75, 3.05) is 24.6 Å². The van der Waals surface area contributed by atoms with Crippen LogP contribution in [-0.2, 0) is 4.79 Å². The Morgan fingerprint density at radius 2 is 2.46 bits per heavy atom. The van der Waals surface area contributed by atoms with E-state index in [-0.39, 0.29) is 0 Å². The highest BCUT2D eigenvalue weighted by molar-refractivity contribution is 7.99. The van der Waals surface area contributed by atoms with Crippen LogP contribution in [0.1, 0.15) is 12.8 Å². The molecule has 1 rings (SSSR count). The molecule has 1 aliphatic heterocycles. The minimum Gasteiger partial charge on any atom is -0.480 e. The molecule has 0 spiro atoms. The summed E-state index contributed by atoms with van der Waals surface area (Å²) in [4.78, 5) is 11.0. The van der Waals surface area contributed by atoms with E-state index in [1.54, 1.807) is 11.8 Å². The van der Waals surface area contributed by atoms with Gasteiger partial charge in [0.2, 0.25) is 0 Å². The zero-order valence-corrected chi connectivity index (χ0v) is 8.40. The van der Waals surface area contributed by atoms with Gasteiger partial charge in [0.25, 0.3) is 0 Å². The van der Waals surface area contributed by atoms with Crippen molar-refractivity contribution in [3.05, 3.63) is 0 Å². The van der Waals surface area contributed by atoms with Crippen LogP contribution in [0.5, 0.6) is 0 Å². The monoisotopic (exact) mass is 204 g/mol. The van der Waals surface area contributed by atoms with Gasteiger partial charge in [-0.05, 0) is 31.7 Å². The van der Waals surface area contributed by atoms with Crippen molar-refractivity contribution in [2.24, 2.45) is 5.73 Å². The highest BCUT2D eigenvalue weighted by Gasteiger charge is 2.41. The topological polar surface area (TPSA) is 75.3 Å². The van der Waals surface area contributed by atoms with Crippen LogP contribution in [0, 0.1) is 0 Å². The van der Waals surface area contributed by atoms with E-state index in [4.69, 9.17) is 10.8 Å². The van der Waals surface area contributed by atoms with E-state index < -0.39 is 11.5 Å². The van der Waals surface area contributed by atoms with Crippen LogP contribution in [0.15, 0.2) is 0 Å². The van der Waals surface area contributed by atoms with Crippen molar-refractivity contribution < 1.29 is 9.90 Å². The number of nitrogens with one attached hydrogen (secondary N) is 1. The van der Waals surface area contributed by atoms with E-state index >= 15 is 0 Å². The molecule has 1 unspecified atom stereocenters. The Kier molecular flexibility index (Phi) is 4.02. The molecule has 0 saturated carbocycles. The van der Waals surface area contributed by atoms with Gasteiger partial charge in [-0.15, -0.1) is 0 Å². The van der Waals surface area contributed by atoms with Crippen LogP contribution >= 0.6 is 11.8 Å². The van der Waals surface area contributed by atoms with Gasteiger partial charge in [-0.3, -0.25) is 4.79 Å². The molecule has 76 valence electrons. The van der Waals surface area contributed by atoms with Gasteiger partial charge >= 0.3 is 5.97 Å². The van der Waals surface area contributed by atoms with Crippen LogP contribution in [0.4, 0.5) is 0 Å². The first kappa shape index (κ1) is 10.8. The SMILES string of the molecule is NCCCNC1(C(=O)O)CCSC1. The summed E-state index contributed by atoms with van der Waals surface area (Å²) in [6, 6.07) is 0. The van der Waals surface area contributed by atoms with Gasteiger partial charge in [-0.2, -0.15) is 11.8 Å². The highest BCUT2D eigenvalue weighted by atomic mass is 32.2. The van der Waals surface area contributed by atoms with Crippen molar-refractivity contribution in [3.8, 4) is 0 Å². The maximum atomic E-state index is 11.0. The van der Waals surface area contributed by atoms with Crippen molar-refractivity contribution in [1.29, 1.82) is 0 Å². The fraction of sp³-hybridized carbons (Fsp3) is 0.875. The molecule has 0 aromatic rings. The molecule has 0 aliphatic carbocycles. The molecule has 1 atom stereocenters. The second-order valence-corrected chi connectivity index (χ2v) is 4.36. The predicted octanol–water partition coefficient (Wildman–Crippen LogP) is -0.115. The second kappa shape index (κ2) is 4.83. The van der Waals surface area contributed by atoms with Gasteiger partial charge in [0.05, 0.1) is 0 Å². The van der Waals surface area contributed by atoms with E-state index in [1.807, 2.05) is 0 Å². The molecule has 1 aliphatic rings. The number of carboxylic acid groups (broad SMARTS) is 1. The zero-order chi connectivity index (χ0) is 9.73. The fourth-order valence-corrected chi connectivity index (χ4v) is 2.73. The molecule has 4 N–H and O–H groups in total. The Labute approximate surface area is 82.3 Å². The van der Waals surface area contributed by atoms with Gasteiger partial charge in [0.15, 0.2) is 0 Å². The molecule has 1 heterocycles. The largest absolute Gasteiger partial charge is 0.480 e. The first-order valence-electron chi connectivity index (χ1n) is 4.47. The summed E-state index contributed by atoms with van der Waals surface area (Å²) in [6.45, 7) is 1.30. The van der Waals surface area contributed by atoms with E-state index in [9.17, 15) is 4.79 Å². The number of rotatable bonds is 5. The number of nitrogens with two attached hydrogens (primary N) is 1. The normalized spacial score (nSPS) is 27.8. The summed E-state index contributed by atoms with van der Waals surface area (Å²) in [5, 5.41) is 12.2. The minimum atomic E-state index is -0.727. The number of hydrogen-bond donors (Lipinski definition) is 3. The molecule has 0 aromatic heterocycles. The average molecular weight is 204 g/mol. The van der Waals surface area contributed by atoms with Crippen molar-refractivity contribution in [2.45, 2.75) is 18.4 Å². The van der Waals surface area contributed by atoms with E-state index in [0.29, 0.717) is 18.8 Å². The molecule has 1 saturated heterocycles. The predicted molar refractivity (Wildman–Crippen MR) is 54.0 cm³/mol. The van der Waals surface area contributed by atoms with Gasteiger partial charge in [-0.1, -0.05) is 0 Å². The third kappa shape index (κ3) is 2.59. The smallest absolute Gasteiger partial charge is 0.324 e. The van der Waals surface area contributed by atoms with Crippen LogP contribution in [0.25, 0.3) is 0 Å². The second-order valence-electron chi connectivity index (χ2n) is 3.26. The fourth-order valence-electron chi connectivity index (χ4n) is 1.38. The highest BCUT2D eigenvalue weighted by Crippen LogP contribution is 2.28. The molecule has 0 bridgehead atoms. The zero-order valence-electron chi connectivity index (χ0n) is 7.58. The number of carboxylic acids is 1. The van der Waals surface area contributed by atoms with Gasteiger partial charge < -0.3 is 16.2 Å². The quantitative estimate of drug-likeness (QED) is 0.545. The molecule has 1 fully saturated rings. The molecule has 4 nitrogen and oxygen atoms in total. The molecule has 13 heavy (non-hydrogen) atoms. The maximum absolute atomic E-state index is 11.0. The molecular weight excluding hydrogens is 188 g/mol. The lowest BCUT2D eigenvalue weighted by atomic mass is 9.99. The Bertz CT molecular complexity index is 181. The minimum absolute atomic E-state index is 0.607. The third-order valence-corrected chi connectivity index (χ3v) is 3.47. The number of aliphatic carboxylic acids is 1. The molecule has 0 aromatic carbocycles. The van der Waals surface area contributed by atoms with E-state index in [1.165, 1.54) is 0 Å². The van der Waals surface area contributed by atoms with Crippen molar-refractivity contribution in [3.63, 3.8) is 0 Å². The van der Waals surface area contributed by atoms with Gasteiger partial charge in [0, 0.05) is 5.75 Å². The Morgan fingerprint density at radius 1 is 1.69 bits per heavy atom. The molecule has 0 radical (unpaired) electrons. The lowest BCUT2D eigenvalue weighted by molar-refractivity contribution is -0.143. The first-order chi connectivity index (χ1) is 6.21. The summed E-state index contributed by atoms with van der Waals surface area (Å²) >= 11 is 1.69. The summed E-state index contributed by atoms with van der Waals surface area (Å²) in [7, 11) is 0. The number of hydrogen-bond acceptors (Lipinski definition) is 4. The Morgan fingerprint density at radius 3 is 2.92 bits per heavy atom. The van der Waals surface area contributed by atoms with E-state index in [0.717, 1.165) is 18.6 Å². The average Bonchev–Trinajstić information content (AvgIpc) is 2.55. The van der Waals surface area contributed by atoms with E-state index in [2.05, 4.69) is 5.32 Å². The lowest BCUT2D eigenvalue weighted by Gasteiger charge is -2.24. The van der Waals surface area contributed by atoms with Crippen LogP contribution in [0.3, 0.4) is 0 Å². The number of thioether (sulfide) groups is 1. The Balaban J connectivity index is 2.43.